The highest BCUT2D eigenvalue weighted by Gasteiger charge is 2.29. The molecule has 1 fully saturated rings. The summed E-state index contributed by atoms with van der Waals surface area (Å²) in [6.45, 7) is 4.35. The van der Waals surface area contributed by atoms with E-state index < -0.39 is 0 Å². The zero-order valence-corrected chi connectivity index (χ0v) is 18.3. The Morgan fingerprint density at radius 1 is 1.00 bits per heavy atom. The summed E-state index contributed by atoms with van der Waals surface area (Å²) in [7, 11) is 0. The van der Waals surface area contributed by atoms with Crippen molar-refractivity contribution in [1.29, 1.82) is 5.26 Å². The summed E-state index contributed by atoms with van der Waals surface area (Å²) in [5.41, 5.74) is 4.33. The molecule has 3 nitrogen and oxygen atoms in total. The maximum absolute atomic E-state index is 12.7. The molecule has 0 spiro atoms. The van der Waals surface area contributed by atoms with Crippen molar-refractivity contribution in [3.63, 3.8) is 0 Å². The first-order valence-electron chi connectivity index (χ1n) is 11.5. The second kappa shape index (κ2) is 11.0. The van der Waals surface area contributed by atoms with Gasteiger partial charge in [-0.25, -0.2) is 0 Å². The Hall–Kier alpha value is -2.60. The van der Waals surface area contributed by atoms with Gasteiger partial charge in [0.2, 0.25) is 0 Å². The number of nitriles is 1. The zero-order valence-electron chi connectivity index (χ0n) is 18.3. The zero-order chi connectivity index (χ0) is 21.3. The van der Waals surface area contributed by atoms with Gasteiger partial charge < -0.3 is 4.74 Å². The number of hydrogen-bond acceptors (Lipinski definition) is 3. The van der Waals surface area contributed by atoms with Crippen LogP contribution in [0.4, 0.5) is 0 Å². The van der Waals surface area contributed by atoms with E-state index >= 15 is 0 Å². The normalized spacial score (nSPS) is 18.6. The van der Waals surface area contributed by atoms with Gasteiger partial charge in [0.15, 0.2) is 0 Å². The first kappa shape index (κ1) is 22.1. The second-order valence-corrected chi connectivity index (χ2v) is 8.46. The van der Waals surface area contributed by atoms with E-state index in [1.165, 1.54) is 24.0 Å². The number of carbonyl (C=O) groups excluding carboxylic acids is 1. The summed E-state index contributed by atoms with van der Waals surface area (Å²) >= 11 is 0. The van der Waals surface area contributed by atoms with Crippen molar-refractivity contribution in [3.8, 4) is 11.8 Å². The lowest BCUT2D eigenvalue weighted by atomic mass is 9.78. The molecule has 0 saturated heterocycles. The molecular weight excluding hydrogens is 370 g/mol. The van der Waals surface area contributed by atoms with Crippen LogP contribution in [0.25, 0.3) is 0 Å². The molecule has 1 aliphatic carbocycles. The quantitative estimate of drug-likeness (QED) is 0.279. The number of ether oxygens (including phenoxy) is 1. The lowest BCUT2D eigenvalue weighted by Crippen LogP contribution is -2.25. The number of aryl methyl sites for hydroxylation is 2. The number of unbranched alkanes of at least 4 members (excludes halogenated alkanes) is 2. The van der Waals surface area contributed by atoms with Gasteiger partial charge in [-0.2, -0.15) is 5.26 Å². The molecule has 0 N–H and O–H groups in total. The highest BCUT2D eigenvalue weighted by atomic mass is 16.5. The standard InChI is InChI=1S/C27H33NO2/c1-3-5-6-7-21-10-17-26(25(18-21)19-28)30-27(29)24-15-13-23(14-16-24)22-11-8-20(4-2)9-12-22/h8-12,17-18,23-24H,3-7,13-16H2,1-2H3. The van der Waals surface area contributed by atoms with Crippen LogP contribution in [0.3, 0.4) is 0 Å². The van der Waals surface area contributed by atoms with Crippen molar-refractivity contribution in [2.75, 3.05) is 0 Å². The minimum absolute atomic E-state index is 0.0769. The van der Waals surface area contributed by atoms with Gasteiger partial charge >= 0.3 is 5.97 Å². The third-order valence-corrected chi connectivity index (χ3v) is 6.36. The van der Waals surface area contributed by atoms with Gasteiger partial charge in [-0.15, -0.1) is 0 Å². The van der Waals surface area contributed by atoms with E-state index in [1.807, 2.05) is 12.1 Å². The summed E-state index contributed by atoms with van der Waals surface area (Å²) in [6, 6.07) is 16.7. The molecule has 1 aliphatic rings. The van der Waals surface area contributed by atoms with Crippen LogP contribution in [0.15, 0.2) is 42.5 Å². The molecule has 1 saturated carbocycles. The Labute approximate surface area is 181 Å². The number of benzene rings is 2. The Bertz CT molecular complexity index is 871. The molecule has 3 heteroatoms. The maximum atomic E-state index is 12.7. The fourth-order valence-corrected chi connectivity index (χ4v) is 4.37. The van der Waals surface area contributed by atoms with E-state index in [4.69, 9.17) is 4.74 Å². The molecule has 0 heterocycles. The fourth-order valence-electron chi connectivity index (χ4n) is 4.37. The van der Waals surface area contributed by atoms with Gasteiger partial charge in [0, 0.05) is 0 Å². The van der Waals surface area contributed by atoms with Crippen LogP contribution in [0.2, 0.25) is 0 Å². The second-order valence-electron chi connectivity index (χ2n) is 8.46. The molecule has 2 aromatic rings. The Morgan fingerprint density at radius 2 is 1.70 bits per heavy atom. The highest BCUT2D eigenvalue weighted by molar-refractivity contribution is 5.76. The number of rotatable bonds is 8. The van der Waals surface area contributed by atoms with Crippen LogP contribution >= 0.6 is 0 Å². The van der Waals surface area contributed by atoms with E-state index in [2.05, 4.69) is 44.2 Å². The SMILES string of the molecule is CCCCCc1ccc(OC(=O)C2CCC(c3ccc(CC)cc3)CC2)c(C#N)c1. The molecule has 2 aromatic carbocycles. The molecule has 30 heavy (non-hydrogen) atoms. The number of carbonyl (C=O) groups is 1. The first-order chi connectivity index (χ1) is 14.6. The van der Waals surface area contributed by atoms with E-state index in [0.29, 0.717) is 17.2 Å². The van der Waals surface area contributed by atoms with Gasteiger partial charge in [-0.1, -0.05) is 57.0 Å². The van der Waals surface area contributed by atoms with Crippen molar-refractivity contribution in [2.24, 2.45) is 5.92 Å². The lowest BCUT2D eigenvalue weighted by Gasteiger charge is -2.27. The molecular formula is C27H33NO2. The summed E-state index contributed by atoms with van der Waals surface area (Å²) in [4.78, 5) is 12.7. The fraction of sp³-hybridized carbons (Fsp3) is 0.481. The van der Waals surface area contributed by atoms with Gasteiger partial charge in [-0.05, 0) is 79.7 Å². The topological polar surface area (TPSA) is 50.1 Å². The smallest absolute Gasteiger partial charge is 0.314 e. The molecule has 3 rings (SSSR count). The molecule has 0 atom stereocenters. The van der Waals surface area contributed by atoms with Crippen LogP contribution in [0.1, 0.15) is 87.0 Å². The first-order valence-corrected chi connectivity index (χ1v) is 11.5. The lowest BCUT2D eigenvalue weighted by molar-refractivity contribution is -0.140. The summed E-state index contributed by atoms with van der Waals surface area (Å²) in [6.07, 6.45) is 9.19. The predicted molar refractivity (Wildman–Crippen MR) is 121 cm³/mol. The van der Waals surface area contributed by atoms with Gasteiger partial charge in [-0.3, -0.25) is 4.79 Å². The van der Waals surface area contributed by atoms with E-state index in [0.717, 1.165) is 50.5 Å². The molecule has 0 radical (unpaired) electrons. The highest BCUT2D eigenvalue weighted by Crippen LogP contribution is 2.36. The van der Waals surface area contributed by atoms with Gasteiger partial charge in [0.05, 0.1) is 11.5 Å². The maximum Gasteiger partial charge on any atom is 0.314 e. The summed E-state index contributed by atoms with van der Waals surface area (Å²) < 4.78 is 5.67. The van der Waals surface area contributed by atoms with Gasteiger partial charge in [0.25, 0.3) is 0 Å². The molecule has 0 aromatic heterocycles. The summed E-state index contributed by atoms with van der Waals surface area (Å²) in [5, 5.41) is 9.49. The molecule has 0 aliphatic heterocycles. The molecule has 0 unspecified atom stereocenters. The van der Waals surface area contributed by atoms with E-state index in [1.54, 1.807) is 6.07 Å². The third kappa shape index (κ3) is 5.72. The van der Waals surface area contributed by atoms with Crippen molar-refractivity contribution < 1.29 is 9.53 Å². The number of hydrogen-bond donors (Lipinski definition) is 0. The average Bonchev–Trinajstić information content (AvgIpc) is 2.80. The van der Waals surface area contributed by atoms with Crippen LogP contribution in [0, 0.1) is 17.2 Å². The van der Waals surface area contributed by atoms with Crippen molar-refractivity contribution in [3.05, 3.63) is 64.7 Å². The van der Waals surface area contributed by atoms with Crippen molar-refractivity contribution in [2.45, 2.75) is 77.6 Å². The minimum atomic E-state index is -0.190. The average molecular weight is 404 g/mol. The monoisotopic (exact) mass is 403 g/mol. The number of nitrogens with zero attached hydrogens (tertiary/aromatic N) is 1. The van der Waals surface area contributed by atoms with E-state index in [9.17, 15) is 10.1 Å². The van der Waals surface area contributed by atoms with E-state index in [-0.39, 0.29) is 11.9 Å². The molecule has 158 valence electrons. The largest absolute Gasteiger partial charge is 0.425 e. The minimum Gasteiger partial charge on any atom is -0.425 e. The van der Waals surface area contributed by atoms with Crippen molar-refractivity contribution in [1.82, 2.24) is 0 Å². The molecule has 0 bridgehead atoms. The van der Waals surface area contributed by atoms with Crippen LogP contribution in [-0.4, -0.2) is 5.97 Å². The van der Waals surface area contributed by atoms with Crippen molar-refractivity contribution >= 4 is 5.97 Å². The summed E-state index contributed by atoms with van der Waals surface area (Å²) in [5.74, 6) is 0.660. The molecule has 0 amide bonds. The van der Waals surface area contributed by atoms with Crippen LogP contribution < -0.4 is 4.74 Å². The predicted octanol–water partition coefficient (Wildman–Crippen LogP) is 6.73. The third-order valence-electron chi connectivity index (χ3n) is 6.36. The number of esters is 1. The Balaban J connectivity index is 1.55. The van der Waals surface area contributed by atoms with Crippen LogP contribution in [-0.2, 0) is 17.6 Å². The van der Waals surface area contributed by atoms with Crippen LogP contribution in [0.5, 0.6) is 5.75 Å². The van der Waals surface area contributed by atoms with Gasteiger partial charge in [0.1, 0.15) is 11.8 Å². The Morgan fingerprint density at radius 3 is 2.33 bits per heavy atom. The Kier molecular flexibility index (Phi) is 8.08.